The lowest BCUT2D eigenvalue weighted by molar-refractivity contribution is 0.208. The lowest BCUT2D eigenvalue weighted by Crippen LogP contribution is -2.36. The number of rotatable bonds is 5. The summed E-state index contributed by atoms with van der Waals surface area (Å²) in [6.07, 6.45) is 0. The van der Waals surface area contributed by atoms with Crippen LogP contribution in [-0.2, 0) is 6.54 Å². The van der Waals surface area contributed by atoms with Gasteiger partial charge >= 0.3 is 0 Å². The maximum absolute atomic E-state index is 12.1. The summed E-state index contributed by atoms with van der Waals surface area (Å²) in [6, 6.07) is 1.62. The quantitative estimate of drug-likeness (QED) is 0.907. The van der Waals surface area contributed by atoms with Crippen molar-refractivity contribution in [3.63, 3.8) is 0 Å². The van der Waals surface area contributed by atoms with E-state index in [1.54, 1.807) is 10.5 Å². The molecule has 0 fully saturated rings. The summed E-state index contributed by atoms with van der Waals surface area (Å²) in [5, 5.41) is 1.95. The van der Waals surface area contributed by atoms with Crippen molar-refractivity contribution >= 4 is 16.3 Å². The van der Waals surface area contributed by atoms with Gasteiger partial charge in [0.15, 0.2) is 4.96 Å². The zero-order valence-electron chi connectivity index (χ0n) is 12.5. The van der Waals surface area contributed by atoms with Crippen LogP contribution in [0, 0.1) is 12.3 Å². The third-order valence-electron chi connectivity index (χ3n) is 3.31. The second-order valence-corrected chi connectivity index (χ2v) is 6.96. The Hall–Kier alpha value is -1.24. The average molecular weight is 294 g/mol. The molecular formula is C14H22N4OS. The van der Waals surface area contributed by atoms with Gasteiger partial charge in [0, 0.05) is 30.2 Å². The molecule has 0 aliphatic rings. The minimum atomic E-state index is -0.00441. The van der Waals surface area contributed by atoms with Crippen LogP contribution in [0.15, 0.2) is 16.2 Å². The van der Waals surface area contributed by atoms with Gasteiger partial charge in [0.05, 0.1) is 5.69 Å². The van der Waals surface area contributed by atoms with E-state index in [0.29, 0.717) is 13.1 Å². The summed E-state index contributed by atoms with van der Waals surface area (Å²) < 4.78 is 1.65. The molecular weight excluding hydrogens is 272 g/mol. The Labute approximate surface area is 123 Å². The van der Waals surface area contributed by atoms with Crippen LogP contribution >= 0.6 is 11.3 Å². The molecule has 2 N–H and O–H groups in total. The third kappa shape index (κ3) is 3.26. The fourth-order valence-corrected chi connectivity index (χ4v) is 3.20. The van der Waals surface area contributed by atoms with Gasteiger partial charge in [-0.3, -0.25) is 14.1 Å². The van der Waals surface area contributed by atoms with Gasteiger partial charge in [0.25, 0.3) is 5.56 Å². The molecule has 2 heterocycles. The molecule has 0 saturated carbocycles. The Morgan fingerprint density at radius 3 is 2.85 bits per heavy atom. The van der Waals surface area contributed by atoms with Crippen molar-refractivity contribution < 1.29 is 0 Å². The van der Waals surface area contributed by atoms with Gasteiger partial charge in [-0.25, -0.2) is 4.98 Å². The predicted octanol–water partition coefficient (Wildman–Crippen LogP) is 1.48. The van der Waals surface area contributed by atoms with Crippen molar-refractivity contribution in [3.8, 4) is 0 Å². The molecule has 0 radical (unpaired) electrons. The molecule has 0 aromatic carbocycles. The Balaban J connectivity index is 2.20. The third-order valence-corrected chi connectivity index (χ3v) is 4.25. The molecule has 6 heteroatoms. The van der Waals surface area contributed by atoms with Gasteiger partial charge in [-0.05, 0) is 25.9 Å². The maximum atomic E-state index is 12.1. The first-order chi connectivity index (χ1) is 9.32. The number of hydrogen-bond acceptors (Lipinski definition) is 5. The topological polar surface area (TPSA) is 63.6 Å². The number of fused-ring (bicyclic) bond motifs is 1. The summed E-state index contributed by atoms with van der Waals surface area (Å²) in [6.45, 7) is 8.36. The Morgan fingerprint density at radius 1 is 1.50 bits per heavy atom. The number of nitrogens with zero attached hydrogens (tertiary/aromatic N) is 3. The lowest BCUT2D eigenvalue weighted by Gasteiger charge is -2.28. The van der Waals surface area contributed by atoms with E-state index in [1.165, 1.54) is 11.3 Å². The Bertz CT molecular complexity index is 659. The number of aryl methyl sites for hydroxylation is 1. The molecule has 0 atom stereocenters. The molecule has 0 amide bonds. The number of aromatic nitrogens is 2. The molecule has 0 saturated heterocycles. The number of hydrogen-bond donors (Lipinski definition) is 1. The van der Waals surface area contributed by atoms with Gasteiger partial charge in [0.2, 0.25) is 0 Å². The van der Waals surface area contributed by atoms with Gasteiger partial charge < -0.3 is 5.73 Å². The van der Waals surface area contributed by atoms with E-state index in [1.807, 2.05) is 19.4 Å². The van der Waals surface area contributed by atoms with E-state index < -0.39 is 0 Å². The van der Waals surface area contributed by atoms with Crippen LogP contribution in [0.3, 0.4) is 0 Å². The highest BCUT2D eigenvalue weighted by Gasteiger charge is 2.18. The monoisotopic (exact) mass is 294 g/mol. The summed E-state index contributed by atoms with van der Waals surface area (Å²) in [4.78, 5) is 19.6. The first-order valence-electron chi connectivity index (χ1n) is 6.68. The molecule has 0 spiro atoms. The van der Waals surface area contributed by atoms with E-state index in [0.717, 1.165) is 22.9 Å². The van der Waals surface area contributed by atoms with Crippen molar-refractivity contribution in [3.05, 3.63) is 33.2 Å². The Kier molecular flexibility index (Phi) is 4.27. The zero-order chi connectivity index (χ0) is 14.9. The van der Waals surface area contributed by atoms with E-state index in [2.05, 4.69) is 23.7 Å². The van der Waals surface area contributed by atoms with E-state index in [4.69, 9.17) is 5.73 Å². The molecule has 110 valence electrons. The first kappa shape index (κ1) is 15.2. The highest BCUT2D eigenvalue weighted by molar-refractivity contribution is 7.15. The summed E-state index contributed by atoms with van der Waals surface area (Å²) in [5.41, 5.74) is 7.56. The van der Waals surface area contributed by atoms with Crippen molar-refractivity contribution in [2.24, 2.45) is 11.1 Å². The largest absolute Gasteiger partial charge is 0.330 e. The summed E-state index contributed by atoms with van der Waals surface area (Å²) in [5.74, 6) is 0. The smallest absolute Gasteiger partial charge is 0.259 e. The van der Waals surface area contributed by atoms with Gasteiger partial charge in [-0.1, -0.05) is 13.8 Å². The van der Waals surface area contributed by atoms with Crippen molar-refractivity contribution in [1.29, 1.82) is 0 Å². The molecule has 0 bridgehead atoms. The molecule has 0 unspecified atom stereocenters. The number of nitrogens with two attached hydrogens (primary N) is 1. The Morgan fingerprint density at radius 2 is 2.20 bits per heavy atom. The average Bonchev–Trinajstić information content (AvgIpc) is 2.70. The van der Waals surface area contributed by atoms with Crippen LogP contribution in [0.1, 0.15) is 25.2 Å². The lowest BCUT2D eigenvalue weighted by atomic mass is 9.93. The van der Waals surface area contributed by atoms with Gasteiger partial charge in [-0.2, -0.15) is 0 Å². The fraction of sp³-hybridized carbons (Fsp3) is 0.571. The zero-order valence-corrected chi connectivity index (χ0v) is 13.3. The minimum absolute atomic E-state index is 0.00441. The molecule has 0 aliphatic carbocycles. The number of thiazole rings is 1. The minimum Gasteiger partial charge on any atom is -0.330 e. The highest BCUT2D eigenvalue weighted by atomic mass is 32.1. The summed E-state index contributed by atoms with van der Waals surface area (Å²) >= 11 is 1.50. The molecule has 2 aromatic rings. The highest BCUT2D eigenvalue weighted by Crippen LogP contribution is 2.16. The van der Waals surface area contributed by atoms with Crippen LogP contribution in [0.25, 0.3) is 4.96 Å². The van der Waals surface area contributed by atoms with E-state index in [-0.39, 0.29) is 11.0 Å². The van der Waals surface area contributed by atoms with Crippen molar-refractivity contribution in [2.45, 2.75) is 27.3 Å². The molecule has 5 nitrogen and oxygen atoms in total. The van der Waals surface area contributed by atoms with E-state index >= 15 is 0 Å². The van der Waals surface area contributed by atoms with Crippen molar-refractivity contribution in [1.82, 2.24) is 14.3 Å². The molecule has 0 aliphatic heterocycles. The standard InChI is InChI=1S/C14H22N4OS/c1-10-7-20-13-16-11(5-12(19)18(10)13)6-17(4)9-14(2,3)8-15/h5,7H,6,8-9,15H2,1-4H3. The fourth-order valence-electron chi connectivity index (χ4n) is 2.31. The SMILES string of the molecule is Cc1csc2nc(CN(C)CC(C)(C)CN)cc(=O)n12. The van der Waals surface area contributed by atoms with Crippen LogP contribution < -0.4 is 11.3 Å². The van der Waals surface area contributed by atoms with Crippen molar-refractivity contribution in [2.75, 3.05) is 20.1 Å². The van der Waals surface area contributed by atoms with Crippen LogP contribution in [0.2, 0.25) is 0 Å². The second-order valence-electron chi connectivity index (χ2n) is 6.12. The normalized spacial score (nSPS) is 12.5. The molecule has 2 rings (SSSR count). The van der Waals surface area contributed by atoms with Crippen LogP contribution in [-0.4, -0.2) is 34.4 Å². The first-order valence-corrected chi connectivity index (χ1v) is 7.56. The van der Waals surface area contributed by atoms with Crippen LogP contribution in [0.5, 0.6) is 0 Å². The predicted molar refractivity (Wildman–Crippen MR) is 83.2 cm³/mol. The van der Waals surface area contributed by atoms with Gasteiger partial charge in [-0.15, -0.1) is 11.3 Å². The van der Waals surface area contributed by atoms with Crippen LogP contribution in [0.4, 0.5) is 0 Å². The summed E-state index contributed by atoms with van der Waals surface area (Å²) in [7, 11) is 2.03. The maximum Gasteiger partial charge on any atom is 0.259 e. The van der Waals surface area contributed by atoms with Gasteiger partial charge in [0.1, 0.15) is 0 Å². The second kappa shape index (κ2) is 5.63. The van der Waals surface area contributed by atoms with E-state index in [9.17, 15) is 4.79 Å². The molecule has 2 aromatic heterocycles. The molecule has 20 heavy (non-hydrogen) atoms.